The summed E-state index contributed by atoms with van der Waals surface area (Å²) in [6.45, 7) is 1.91. The monoisotopic (exact) mass is 454 g/mol. The number of ether oxygens (including phenoxy) is 3. The van der Waals surface area contributed by atoms with E-state index in [2.05, 4.69) is 5.32 Å². The van der Waals surface area contributed by atoms with Gasteiger partial charge in [0.2, 0.25) is 5.91 Å². The van der Waals surface area contributed by atoms with Gasteiger partial charge in [-0.25, -0.2) is 0 Å². The summed E-state index contributed by atoms with van der Waals surface area (Å²) in [6.07, 6.45) is 5.46. The lowest BCUT2D eigenvalue weighted by Gasteiger charge is -2.31. The minimum atomic E-state index is -0.624. The standard InChI is InChI=1S/C26H34N2O5/c1-19(26(30)27-21-7-5-4-6-8-21)28(17-20-9-11-22(31-2)12-10-20)25(29)18-33-24-15-13-23(32-3)14-16-24/h9-16,19,21H,4-8,17-18H2,1-3H3,(H,27,30). The predicted molar refractivity (Wildman–Crippen MR) is 127 cm³/mol. The molecule has 3 rings (SSSR count). The Bertz CT molecular complexity index is 892. The average Bonchev–Trinajstić information content (AvgIpc) is 2.86. The summed E-state index contributed by atoms with van der Waals surface area (Å²) in [5.74, 6) is 1.62. The molecule has 178 valence electrons. The maximum atomic E-state index is 13.2. The highest BCUT2D eigenvalue weighted by Crippen LogP contribution is 2.20. The molecule has 1 aliphatic carbocycles. The Balaban J connectivity index is 1.69. The van der Waals surface area contributed by atoms with E-state index < -0.39 is 6.04 Å². The first kappa shape index (κ1) is 24.4. The Kier molecular flexibility index (Phi) is 8.98. The lowest BCUT2D eigenvalue weighted by molar-refractivity contribution is -0.142. The van der Waals surface area contributed by atoms with Crippen molar-refractivity contribution in [3.05, 3.63) is 54.1 Å². The second-order valence-corrected chi connectivity index (χ2v) is 8.35. The van der Waals surface area contributed by atoms with Crippen LogP contribution in [0, 0.1) is 0 Å². The van der Waals surface area contributed by atoms with Gasteiger partial charge < -0.3 is 24.4 Å². The highest BCUT2D eigenvalue weighted by atomic mass is 16.5. The van der Waals surface area contributed by atoms with Crippen LogP contribution in [0.4, 0.5) is 0 Å². The van der Waals surface area contributed by atoms with Crippen LogP contribution >= 0.6 is 0 Å². The number of methoxy groups -OCH3 is 2. The Labute approximate surface area is 196 Å². The fourth-order valence-corrected chi connectivity index (χ4v) is 3.98. The van der Waals surface area contributed by atoms with Gasteiger partial charge in [0.15, 0.2) is 6.61 Å². The summed E-state index contributed by atoms with van der Waals surface area (Å²) < 4.78 is 16.1. The Morgan fingerprint density at radius 2 is 1.45 bits per heavy atom. The number of hydrogen-bond acceptors (Lipinski definition) is 5. The van der Waals surface area contributed by atoms with Crippen LogP contribution in [0.1, 0.15) is 44.6 Å². The van der Waals surface area contributed by atoms with Crippen LogP contribution in [0.3, 0.4) is 0 Å². The molecule has 0 saturated heterocycles. The number of benzene rings is 2. The lowest BCUT2D eigenvalue weighted by atomic mass is 9.95. The van der Waals surface area contributed by atoms with Crippen molar-refractivity contribution < 1.29 is 23.8 Å². The number of carbonyl (C=O) groups excluding carboxylic acids is 2. The van der Waals surface area contributed by atoms with Crippen molar-refractivity contribution in [3.63, 3.8) is 0 Å². The molecule has 2 amide bonds. The van der Waals surface area contributed by atoms with Crippen LogP contribution in [0.15, 0.2) is 48.5 Å². The van der Waals surface area contributed by atoms with Crippen LogP contribution in [0.5, 0.6) is 17.2 Å². The van der Waals surface area contributed by atoms with Crippen molar-refractivity contribution >= 4 is 11.8 Å². The number of nitrogens with one attached hydrogen (secondary N) is 1. The summed E-state index contributed by atoms with van der Waals surface area (Å²) in [7, 11) is 3.20. The smallest absolute Gasteiger partial charge is 0.261 e. The third-order valence-corrected chi connectivity index (χ3v) is 6.05. The van der Waals surface area contributed by atoms with Gasteiger partial charge in [0.1, 0.15) is 23.3 Å². The van der Waals surface area contributed by atoms with Crippen LogP contribution in [0.25, 0.3) is 0 Å². The van der Waals surface area contributed by atoms with Gasteiger partial charge in [0.05, 0.1) is 14.2 Å². The van der Waals surface area contributed by atoms with Crippen LogP contribution < -0.4 is 19.5 Å². The second-order valence-electron chi connectivity index (χ2n) is 8.35. The Hall–Kier alpha value is -3.22. The molecule has 1 N–H and O–H groups in total. The van der Waals surface area contributed by atoms with Crippen LogP contribution in [0.2, 0.25) is 0 Å². The van der Waals surface area contributed by atoms with Gasteiger partial charge in [-0.3, -0.25) is 9.59 Å². The van der Waals surface area contributed by atoms with Crippen LogP contribution in [-0.4, -0.2) is 49.6 Å². The maximum absolute atomic E-state index is 13.2. The summed E-state index contributed by atoms with van der Waals surface area (Å²) in [4.78, 5) is 27.8. The second kappa shape index (κ2) is 12.1. The average molecular weight is 455 g/mol. The normalized spacial score (nSPS) is 14.8. The quantitative estimate of drug-likeness (QED) is 0.588. The summed E-state index contributed by atoms with van der Waals surface area (Å²) in [6, 6.07) is 14.1. The van der Waals surface area contributed by atoms with Crippen molar-refractivity contribution in [3.8, 4) is 17.2 Å². The maximum Gasteiger partial charge on any atom is 0.261 e. The predicted octanol–water partition coefficient (Wildman–Crippen LogP) is 3.95. The third-order valence-electron chi connectivity index (χ3n) is 6.05. The molecule has 0 bridgehead atoms. The highest BCUT2D eigenvalue weighted by molar-refractivity contribution is 5.88. The molecule has 0 spiro atoms. The molecule has 0 aromatic heterocycles. The van der Waals surface area contributed by atoms with Crippen molar-refractivity contribution in [1.82, 2.24) is 10.2 Å². The van der Waals surface area contributed by atoms with Gasteiger partial charge in [-0.1, -0.05) is 31.4 Å². The van der Waals surface area contributed by atoms with Crippen molar-refractivity contribution in [2.75, 3.05) is 20.8 Å². The number of carbonyl (C=O) groups is 2. The summed E-state index contributed by atoms with van der Waals surface area (Å²) in [5.41, 5.74) is 0.908. The first-order valence-corrected chi connectivity index (χ1v) is 11.5. The fraction of sp³-hybridized carbons (Fsp3) is 0.462. The fourth-order valence-electron chi connectivity index (χ4n) is 3.98. The number of amides is 2. The highest BCUT2D eigenvalue weighted by Gasteiger charge is 2.28. The molecule has 7 nitrogen and oxygen atoms in total. The SMILES string of the molecule is COc1ccc(CN(C(=O)COc2ccc(OC)cc2)C(C)C(=O)NC2CCCCC2)cc1. The zero-order chi connectivity index (χ0) is 23.6. The molecule has 1 atom stereocenters. The van der Waals surface area contributed by atoms with Gasteiger partial charge in [-0.2, -0.15) is 0 Å². The van der Waals surface area contributed by atoms with Gasteiger partial charge >= 0.3 is 0 Å². The minimum absolute atomic E-state index is 0.131. The third kappa shape index (κ3) is 7.14. The molecule has 1 aliphatic rings. The van der Waals surface area contributed by atoms with Crippen molar-refractivity contribution in [1.29, 1.82) is 0 Å². The molecule has 0 heterocycles. The van der Waals surface area contributed by atoms with Crippen LogP contribution in [-0.2, 0) is 16.1 Å². The molecular weight excluding hydrogens is 420 g/mol. The molecule has 33 heavy (non-hydrogen) atoms. The van der Waals surface area contributed by atoms with E-state index in [4.69, 9.17) is 14.2 Å². The van der Waals surface area contributed by atoms with E-state index >= 15 is 0 Å². The number of hydrogen-bond donors (Lipinski definition) is 1. The lowest BCUT2D eigenvalue weighted by Crippen LogP contribution is -2.51. The summed E-state index contributed by atoms with van der Waals surface area (Å²) in [5, 5.41) is 3.14. The molecule has 1 fully saturated rings. The van der Waals surface area contributed by atoms with Gasteiger partial charge in [-0.15, -0.1) is 0 Å². The minimum Gasteiger partial charge on any atom is -0.497 e. The molecule has 2 aromatic carbocycles. The van der Waals surface area contributed by atoms with E-state index in [0.29, 0.717) is 18.0 Å². The molecule has 2 aromatic rings. The molecule has 7 heteroatoms. The van der Waals surface area contributed by atoms with E-state index in [0.717, 1.165) is 37.0 Å². The van der Waals surface area contributed by atoms with E-state index in [9.17, 15) is 9.59 Å². The molecule has 0 radical (unpaired) electrons. The molecule has 0 aliphatic heterocycles. The van der Waals surface area contributed by atoms with E-state index in [1.165, 1.54) is 6.42 Å². The topological polar surface area (TPSA) is 77.1 Å². The molecule has 1 saturated carbocycles. The van der Waals surface area contributed by atoms with Gasteiger partial charge in [-0.05, 0) is 61.7 Å². The Morgan fingerprint density at radius 3 is 2.03 bits per heavy atom. The van der Waals surface area contributed by atoms with Crippen molar-refractivity contribution in [2.45, 2.75) is 57.7 Å². The van der Waals surface area contributed by atoms with Gasteiger partial charge in [0, 0.05) is 12.6 Å². The zero-order valence-corrected chi connectivity index (χ0v) is 19.7. The van der Waals surface area contributed by atoms with Crippen molar-refractivity contribution in [2.24, 2.45) is 0 Å². The van der Waals surface area contributed by atoms with E-state index in [-0.39, 0.29) is 24.5 Å². The first-order chi connectivity index (χ1) is 16.0. The Morgan fingerprint density at radius 1 is 0.909 bits per heavy atom. The first-order valence-electron chi connectivity index (χ1n) is 11.5. The van der Waals surface area contributed by atoms with Gasteiger partial charge in [0.25, 0.3) is 5.91 Å². The molecule has 1 unspecified atom stereocenters. The number of nitrogens with zero attached hydrogens (tertiary/aromatic N) is 1. The number of rotatable bonds is 10. The zero-order valence-electron chi connectivity index (χ0n) is 19.7. The van der Waals surface area contributed by atoms with E-state index in [1.54, 1.807) is 50.3 Å². The van der Waals surface area contributed by atoms with E-state index in [1.807, 2.05) is 24.3 Å². The summed E-state index contributed by atoms with van der Waals surface area (Å²) >= 11 is 0. The molecular formula is C26H34N2O5. The largest absolute Gasteiger partial charge is 0.497 e.